The first-order valence-electron chi connectivity index (χ1n) is 4.02. The molecule has 1 aromatic rings. The van der Waals surface area contributed by atoms with Gasteiger partial charge in [-0.1, -0.05) is 23.2 Å². The second-order valence-corrected chi connectivity index (χ2v) is 5.76. The molecule has 1 aliphatic rings. The third-order valence-corrected chi connectivity index (χ3v) is 5.19. The van der Waals surface area contributed by atoms with Gasteiger partial charge in [-0.3, -0.25) is 0 Å². The summed E-state index contributed by atoms with van der Waals surface area (Å²) in [5, 5.41) is 1.66. The maximum atomic E-state index is 6.09. The van der Waals surface area contributed by atoms with Gasteiger partial charge in [0, 0.05) is 9.79 Å². The van der Waals surface area contributed by atoms with Gasteiger partial charge in [-0.15, -0.1) is 23.5 Å². The smallest absolute Gasteiger partial charge is 0.0554 e. The summed E-state index contributed by atoms with van der Waals surface area (Å²) in [6.45, 7) is 0. The number of benzene rings is 1. The summed E-state index contributed by atoms with van der Waals surface area (Å²) in [6.07, 6.45) is 1.22. The zero-order valence-corrected chi connectivity index (χ0v) is 9.99. The molecule has 0 bridgehead atoms. The zero-order valence-electron chi connectivity index (χ0n) is 6.85. The van der Waals surface area contributed by atoms with Crippen LogP contribution in [0.15, 0.2) is 21.9 Å². The molecule has 0 amide bonds. The minimum atomic E-state index is 0.832. The van der Waals surface area contributed by atoms with E-state index >= 15 is 0 Å². The topological polar surface area (TPSA) is 0 Å². The average molecular weight is 251 g/mol. The van der Waals surface area contributed by atoms with Gasteiger partial charge < -0.3 is 0 Å². The van der Waals surface area contributed by atoms with Crippen molar-refractivity contribution in [2.24, 2.45) is 0 Å². The molecule has 4 heteroatoms. The number of thioether (sulfide) groups is 2. The minimum Gasteiger partial charge on any atom is -0.123 e. The Hall–Kier alpha value is 0.500. The molecule has 0 nitrogen and oxygen atoms in total. The first-order valence-corrected chi connectivity index (χ1v) is 6.75. The van der Waals surface area contributed by atoms with Crippen LogP contribution >= 0.6 is 46.7 Å². The Morgan fingerprint density at radius 3 is 1.85 bits per heavy atom. The minimum absolute atomic E-state index is 0.832. The number of hydrogen-bond donors (Lipinski definition) is 0. The van der Waals surface area contributed by atoms with Crippen molar-refractivity contribution in [3.05, 3.63) is 22.2 Å². The molecular weight excluding hydrogens is 243 g/mol. The maximum Gasteiger partial charge on any atom is 0.0554 e. The van der Waals surface area contributed by atoms with E-state index < -0.39 is 0 Å². The summed E-state index contributed by atoms with van der Waals surface area (Å²) in [5.74, 6) is 2.28. The number of fused-ring (bicyclic) bond motifs is 1. The largest absolute Gasteiger partial charge is 0.123 e. The first-order chi connectivity index (χ1) is 6.29. The van der Waals surface area contributed by atoms with Gasteiger partial charge in [0.05, 0.1) is 10.0 Å². The Labute approximate surface area is 96.4 Å². The van der Waals surface area contributed by atoms with Crippen LogP contribution < -0.4 is 0 Å². The lowest BCUT2D eigenvalue weighted by atomic mass is 10.3. The van der Waals surface area contributed by atoms with Crippen LogP contribution in [0.3, 0.4) is 0 Å². The van der Waals surface area contributed by atoms with E-state index in [-0.39, 0.29) is 0 Å². The van der Waals surface area contributed by atoms with E-state index in [1.165, 1.54) is 6.42 Å². The van der Waals surface area contributed by atoms with E-state index in [4.69, 9.17) is 23.2 Å². The molecule has 0 radical (unpaired) electrons. The van der Waals surface area contributed by atoms with Gasteiger partial charge >= 0.3 is 0 Å². The van der Waals surface area contributed by atoms with Crippen molar-refractivity contribution in [3.63, 3.8) is 0 Å². The highest BCUT2D eigenvalue weighted by Crippen LogP contribution is 2.43. The van der Waals surface area contributed by atoms with E-state index in [2.05, 4.69) is 0 Å². The molecule has 0 fully saturated rings. The molecule has 0 saturated heterocycles. The number of halogens is 2. The predicted molar refractivity (Wildman–Crippen MR) is 62.5 cm³/mol. The summed E-state index contributed by atoms with van der Waals surface area (Å²) in [4.78, 5) is 2.33. The maximum absolute atomic E-state index is 6.09. The summed E-state index contributed by atoms with van der Waals surface area (Å²) >= 11 is 15.8. The van der Waals surface area contributed by atoms with Gasteiger partial charge in [-0.25, -0.2) is 0 Å². The average Bonchev–Trinajstić information content (AvgIpc) is 2.37. The summed E-state index contributed by atoms with van der Waals surface area (Å²) in [7, 11) is 0. The van der Waals surface area contributed by atoms with Crippen molar-refractivity contribution in [2.75, 3.05) is 11.5 Å². The fourth-order valence-corrected chi connectivity index (χ4v) is 4.36. The van der Waals surface area contributed by atoms with Crippen LogP contribution in [0.5, 0.6) is 0 Å². The fraction of sp³-hybridized carbons (Fsp3) is 0.333. The second kappa shape index (κ2) is 4.35. The summed E-state index contributed by atoms with van der Waals surface area (Å²) < 4.78 is 0. The van der Waals surface area contributed by atoms with Crippen molar-refractivity contribution in [1.29, 1.82) is 0 Å². The van der Waals surface area contributed by atoms with Gasteiger partial charge in [-0.2, -0.15) is 0 Å². The van der Waals surface area contributed by atoms with Gasteiger partial charge in [0.15, 0.2) is 0 Å². The van der Waals surface area contributed by atoms with E-state index in [1.54, 1.807) is 0 Å². The molecule has 1 aromatic carbocycles. The number of hydrogen-bond acceptors (Lipinski definition) is 2. The normalized spacial score (nSPS) is 16.5. The predicted octanol–water partition coefficient (Wildman–Crippen LogP) is 4.58. The van der Waals surface area contributed by atoms with E-state index in [0.29, 0.717) is 0 Å². The van der Waals surface area contributed by atoms with Crippen molar-refractivity contribution >= 4 is 46.7 Å². The van der Waals surface area contributed by atoms with Crippen LogP contribution in [0.4, 0.5) is 0 Å². The summed E-state index contributed by atoms with van der Waals surface area (Å²) in [5.41, 5.74) is 0. The van der Waals surface area contributed by atoms with Crippen molar-refractivity contribution in [1.82, 2.24) is 0 Å². The molecule has 0 spiro atoms. The third kappa shape index (κ3) is 2.12. The Morgan fingerprint density at radius 1 is 0.923 bits per heavy atom. The quantitative estimate of drug-likeness (QED) is 0.661. The molecule has 1 aliphatic heterocycles. The highest BCUT2D eigenvalue weighted by Gasteiger charge is 2.15. The summed E-state index contributed by atoms with van der Waals surface area (Å²) in [6, 6.07) is 3.75. The monoisotopic (exact) mass is 250 g/mol. The Bertz CT molecular complexity index is 295. The molecule has 70 valence electrons. The van der Waals surface area contributed by atoms with Crippen molar-refractivity contribution in [2.45, 2.75) is 16.2 Å². The van der Waals surface area contributed by atoms with Gasteiger partial charge in [0.1, 0.15) is 0 Å². The molecular formula is C9H8Cl2S2. The van der Waals surface area contributed by atoms with Crippen LogP contribution in [-0.2, 0) is 0 Å². The standard InChI is InChI=1S/C9H8Cl2S2/c10-6-2-3-7(11)9-8(6)12-4-1-5-13-9/h2-3H,1,4-5H2. The molecule has 0 unspecified atom stereocenters. The first kappa shape index (κ1) is 10.0. The van der Waals surface area contributed by atoms with Gasteiger partial charge in [-0.05, 0) is 30.1 Å². The molecule has 0 saturated carbocycles. The lowest BCUT2D eigenvalue weighted by molar-refractivity contribution is 1.13. The molecule has 1 heterocycles. The lowest BCUT2D eigenvalue weighted by Crippen LogP contribution is -1.80. The Morgan fingerprint density at radius 2 is 1.38 bits per heavy atom. The van der Waals surface area contributed by atoms with Crippen LogP contribution in [0.25, 0.3) is 0 Å². The van der Waals surface area contributed by atoms with Crippen LogP contribution in [0.1, 0.15) is 6.42 Å². The SMILES string of the molecule is Clc1ccc(Cl)c2c1SCCCS2. The van der Waals surface area contributed by atoms with Crippen molar-refractivity contribution in [3.8, 4) is 0 Å². The van der Waals surface area contributed by atoms with Crippen LogP contribution in [0.2, 0.25) is 10.0 Å². The van der Waals surface area contributed by atoms with E-state index in [0.717, 1.165) is 31.3 Å². The molecule has 0 atom stereocenters. The van der Waals surface area contributed by atoms with Gasteiger partial charge in [0.25, 0.3) is 0 Å². The highest BCUT2D eigenvalue weighted by molar-refractivity contribution is 8.03. The second-order valence-electron chi connectivity index (χ2n) is 2.74. The fourth-order valence-electron chi connectivity index (χ4n) is 1.19. The number of rotatable bonds is 0. The Kier molecular flexibility index (Phi) is 3.36. The van der Waals surface area contributed by atoms with Crippen molar-refractivity contribution < 1.29 is 0 Å². The van der Waals surface area contributed by atoms with Crippen LogP contribution in [-0.4, -0.2) is 11.5 Å². The molecule has 2 rings (SSSR count). The molecule has 13 heavy (non-hydrogen) atoms. The van der Waals surface area contributed by atoms with Crippen LogP contribution in [0, 0.1) is 0 Å². The van der Waals surface area contributed by atoms with Gasteiger partial charge in [0.2, 0.25) is 0 Å². The highest BCUT2D eigenvalue weighted by atomic mass is 35.5. The molecule has 0 N–H and O–H groups in total. The van der Waals surface area contributed by atoms with E-state index in [1.807, 2.05) is 35.7 Å². The molecule has 0 aromatic heterocycles. The third-order valence-electron chi connectivity index (χ3n) is 1.80. The molecule has 0 aliphatic carbocycles. The zero-order chi connectivity index (χ0) is 9.26. The Balaban J connectivity index is 2.50. The van der Waals surface area contributed by atoms with E-state index in [9.17, 15) is 0 Å². The lowest BCUT2D eigenvalue weighted by Gasteiger charge is -2.07.